The number of Topliss-reactive ketones (excluding diaryl/α,β-unsaturated/α-hetero) is 1. The summed E-state index contributed by atoms with van der Waals surface area (Å²) in [4.78, 5) is 25.4. The van der Waals surface area contributed by atoms with Crippen molar-refractivity contribution in [2.75, 3.05) is 19.0 Å². The fraction of sp³-hybridized carbons (Fsp3) is 0.556. The van der Waals surface area contributed by atoms with Crippen molar-refractivity contribution in [3.8, 4) is 5.75 Å². The number of thioether (sulfide) groups is 1. The zero-order chi connectivity index (χ0) is 24.8. The summed E-state index contributed by atoms with van der Waals surface area (Å²) in [6, 6.07) is 8.60. The highest BCUT2D eigenvalue weighted by atomic mass is 32.2. The molecule has 0 atom stereocenters. The Morgan fingerprint density at radius 1 is 1.00 bits per heavy atom. The number of ketones is 1. The quantitative estimate of drug-likeness (QED) is 0.248. The molecule has 182 valence electrons. The minimum absolute atomic E-state index is 0.0849. The van der Waals surface area contributed by atoms with Crippen LogP contribution in [0.15, 0.2) is 28.5 Å². The Morgan fingerprint density at radius 2 is 1.67 bits per heavy atom. The smallest absolute Gasteiger partial charge is 0.316 e. The highest BCUT2D eigenvalue weighted by Gasteiger charge is 2.33. The molecule has 0 saturated heterocycles. The molecule has 6 heteroatoms. The molecule has 2 rings (SSSR count). The molecule has 0 N–H and O–H groups in total. The Hall–Kier alpha value is -1.79. The van der Waals surface area contributed by atoms with Gasteiger partial charge in [-0.2, -0.15) is 0 Å². The molecule has 0 amide bonds. The van der Waals surface area contributed by atoms with Gasteiger partial charge in [0.05, 0.1) is 16.6 Å². The van der Waals surface area contributed by atoms with Gasteiger partial charge in [0.1, 0.15) is 12.4 Å². The molecule has 1 aromatic heterocycles. The Morgan fingerprint density at radius 3 is 2.21 bits per heavy atom. The second-order valence-electron chi connectivity index (χ2n) is 9.41. The average Bonchev–Trinajstić information content (AvgIpc) is 3.13. The Balaban J connectivity index is 2.30. The highest BCUT2D eigenvalue weighted by molar-refractivity contribution is 8.01. The van der Waals surface area contributed by atoms with Crippen LogP contribution in [-0.2, 0) is 19.7 Å². The van der Waals surface area contributed by atoms with E-state index in [9.17, 15) is 9.59 Å². The van der Waals surface area contributed by atoms with Gasteiger partial charge in [0.15, 0.2) is 5.78 Å². The number of ether oxygens (including phenoxy) is 2. The molecule has 0 bridgehead atoms. The first-order valence-electron chi connectivity index (χ1n) is 11.6. The van der Waals surface area contributed by atoms with Crippen molar-refractivity contribution in [2.45, 2.75) is 77.9 Å². The van der Waals surface area contributed by atoms with Crippen LogP contribution in [0, 0.1) is 19.3 Å². The second-order valence-corrected chi connectivity index (χ2v) is 11.7. The summed E-state index contributed by atoms with van der Waals surface area (Å²) < 4.78 is 12.1. The Bertz CT molecular complexity index is 965. The summed E-state index contributed by atoms with van der Waals surface area (Å²) in [7, 11) is 0. The summed E-state index contributed by atoms with van der Waals surface area (Å²) in [5, 5.41) is 0. The highest BCUT2D eigenvalue weighted by Crippen LogP contribution is 2.46. The molecule has 1 heterocycles. The van der Waals surface area contributed by atoms with Gasteiger partial charge in [-0.3, -0.25) is 9.59 Å². The predicted octanol–water partition coefficient (Wildman–Crippen LogP) is 7.12. The molecule has 4 nitrogen and oxygen atoms in total. The van der Waals surface area contributed by atoms with Crippen molar-refractivity contribution < 1.29 is 19.1 Å². The van der Waals surface area contributed by atoms with Gasteiger partial charge in [-0.15, -0.1) is 23.1 Å². The van der Waals surface area contributed by atoms with Crippen LogP contribution in [0.3, 0.4) is 0 Å². The lowest BCUT2D eigenvalue weighted by molar-refractivity contribution is -0.139. The van der Waals surface area contributed by atoms with Crippen LogP contribution in [0.4, 0.5) is 0 Å². The lowest BCUT2D eigenvalue weighted by Crippen LogP contribution is -2.27. The van der Waals surface area contributed by atoms with Gasteiger partial charge in [0.2, 0.25) is 0 Å². The Kier molecular flexibility index (Phi) is 9.62. The standard InChI is InChI=1S/C27H38O4S2/c1-9-27(10-2,23-15-19(5)25(33-23)32-17-24(29)30-11-3)20-12-13-21(18(4)14-20)31-16-22(28)26(6,7)8/h12-15H,9-11,16-17H2,1-8H3. The fourth-order valence-electron chi connectivity index (χ4n) is 3.79. The summed E-state index contributed by atoms with van der Waals surface area (Å²) >= 11 is 3.33. The third kappa shape index (κ3) is 6.63. The molecule has 33 heavy (non-hydrogen) atoms. The zero-order valence-electron chi connectivity index (χ0n) is 21.3. The number of esters is 1. The average molecular weight is 491 g/mol. The fourth-order valence-corrected chi connectivity index (χ4v) is 6.35. The monoisotopic (exact) mass is 490 g/mol. The summed E-state index contributed by atoms with van der Waals surface area (Å²) in [6.07, 6.45) is 1.93. The van der Waals surface area contributed by atoms with Crippen LogP contribution in [0.2, 0.25) is 0 Å². The van der Waals surface area contributed by atoms with Crippen molar-refractivity contribution >= 4 is 34.9 Å². The number of thiophene rings is 1. The van der Waals surface area contributed by atoms with E-state index < -0.39 is 5.41 Å². The van der Waals surface area contributed by atoms with E-state index in [0.29, 0.717) is 12.4 Å². The van der Waals surface area contributed by atoms with E-state index in [1.807, 2.05) is 40.7 Å². The minimum Gasteiger partial charge on any atom is -0.486 e. The van der Waals surface area contributed by atoms with Crippen molar-refractivity contribution in [3.05, 3.63) is 45.8 Å². The molecule has 0 saturated carbocycles. The van der Waals surface area contributed by atoms with Gasteiger partial charge < -0.3 is 9.47 Å². The SMILES string of the molecule is CCOC(=O)CSc1sc(C(CC)(CC)c2ccc(OCC(=O)C(C)(C)C)c(C)c2)cc1C. The molecule has 0 aliphatic rings. The number of aryl methyl sites for hydroxylation is 2. The third-order valence-corrected chi connectivity index (χ3v) is 8.90. The molecular formula is C27H38O4S2. The lowest BCUT2D eigenvalue weighted by Gasteiger charge is -2.32. The molecule has 0 aliphatic heterocycles. The van der Waals surface area contributed by atoms with Crippen LogP contribution in [0.25, 0.3) is 0 Å². The summed E-state index contributed by atoms with van der Waals surface area (Å²) in [6.45, 7) is 16.7. The van der Waals surface area contributed by atoms with Crippen LogP contribution in [0.1, 0.15) is 76.0 Å². The van der Waals surface area contributed by atoms with Gasteiger partial charge in [-0.25, -0.2) is 0 Å². The number of carbonyl (C=O) groups is 2. The van der Waals surface area contributed by atoms with Crippen molar-refractivity contribution in [1.82, 2.24) is 0 Å². The number of rotatable bonds is 11. The van der Waals surface area contributed by atoms with Gasteiger partial charge in [-0.05, 0) is 62.4 Å². The largest absolute Gasteiger partial charge is 0.486 e. The molecule has 1 aromatic carbocycles. The van der Waals surface area contributed by atoms with Crippen molar-refractivity contribution in [3.63, 3.8) is 0 Å². The first-order chi connectivity index (χ1) is 15.5. The number of hydrogen-bond acceptors (Lipinski definition) is 6. The van der Waals surface area contributed by atoms with E-state index >= 15 is 0 Å². The van der Waals surface area contributed by atoms with Gasteiger partial charge >= 0.3 is 5.97 Å². The van der Waals surface area contributed by atoms with Crippen LogP contribution in [0.5, 0.6) is 5.75 Å². The molecule has 2 aromatic rings. The first-order valence-corrected chi connectivity index (χ1v) is 13.4. The maximum Gasteiger partial charge on any atom is 0.316 e. The second kappa shape index (κ2) is 11.6. The van der Waals surface area contributed by atoms with Gasteiger partial charge in [0, 0.05) is 15.7 Å². The Labute approximate surface area is 207 Å². The molecular weight excluding hydrogens is 452 g/mol. The van der Waals surface area contributed by atoms with E-state index in [-0.39, 0.29) is 23.8 Å². The maximum atomic E-state index is 12.3. The minimum atomic E-state index is -0.409. The predicted molar refractivity (Wildman–Crippen MR) is 139 cm³/mol. The van der Waals surface area contributed by atoms with Gasteiger partial charge in [0.25, 0.3) is 0 Å². The van der Waals surface area contributed by atoms with E-state index in [4.69, 9.17) is 9.47 Å². The number of carbonyl (C=O) groups excluding carboxylic acids is 2. The summed E-state index contributed by atoms with van der Waals surface area (Å²) in [5.41, 5.74) is 2.97. The molecule has 0 radical (unpaired) electrons. The topological polar surface area (TPSA) is 52.6 Å². The molecule has 0 aliphatic carbocycles. The number of hydrogen-bond donors (Lipinski definition) is 0. The van der Waals surface area contributed by atoms with E-state index in [1.54, 1.807) is 23.1 Å². The maximum absolute atomic E-state index is 12.3. The molecule has 0 spiro atoms. The third-order valence-electron chi connectivity index (χ3n) is 6.10. The van der Waals surface area contributed by atoms with Crippen molar-refractivity contribution in [2.24, 2.45) is 5.41 Å². The summed E-state index contributed by atoms with van der Waals surface area (Å²) in [5.74, 6) is 0.998. The van der Waals surface area contributed by atoms with Gasteiger partial charge in [-0.1, -0.05) is 46.8 Å². The first kappa shape index (κ1) is 27.5. The van der Waals surface area contributed by atoms with E-state index in [1.165, 1.54) is 20.2 Å². The van der Waals surface area contributed by atoms with Crippen LogP contribution >= 0.6 is 23.1 Å². The van der Waals surface area contributed by atoms with Crippen LogP contribution < -0.4 is 4.74 Å². The normalized spacial score (nSPS) is 12.0. The van der Waals surface area contributed by atoms with E-state index in [0.717, 1.165) is 24.2 Å². The molecule has 0 fully saturated rings. The molecule has 0 unspecified atom stereocenters. The van der Waals surface area contributed by atoms with Crippen molar-refractivity contribution in [1.29, 1.82) is 0 Å². The number of benzene rings is 1. The zero-order valence-corrected chi connectivity index (χ0v) is 22.9. The van der Waals surface area contributed by atoms with E-state index in [2.05, 4.69) is 39.0 Å². The lowest BCUT2D eigenvalue weighted by atomic mass is 9.74. The van der Waals surface area contributed by atoms with Crippen LogP contribution in [-0.4, -0.2) is 30.7 Å².